The number of imide groups is 1. The van der Waals surface area contributed by atoms with Gasteiger partial charge in [0.05, 0.1) is 0 Å². The molecule has 3 aliphatic rings. The van der Waals surface area contributed by atoms with Crippen LogP contribution in [0.3, 0.4) is 0 Å². The Labute approximate surface area is 165 Å². The van der Waals surface area contributed by atoms with Crippen LogP contribution in [0.15, 0.2) is 18.2 Å². The Morgan fingerprint density at radius 1 is 1.18 bits per heavy atom. The Kier molecular flexibility index (Phi) is 5.10. The molecule has 2 saturated heterocycles. The van der Waals surface area contributed by atoms with Crippen molar-refractivity contribution in [2.75, 3.05) is 13.1 Å². The number of rotatable bonds is 4. The van der Waals surface area contributed by atoms with Gasteiger partial charge in [-0.2, -0.15) is 0 Å². The number of hydrogen-bond donors (Lipinski definition) is 1. The molecule has 0 aromatic heterocycles. The van der Waals surface area contributed by atoms with Crippen LogP contribution in [0.5, 0.6) is 5.75 Å². The van der Waals surface area contributed by atoms with Gasteiger partial charge in [0.25, 0.3) is 5.91 Å². The Hall–Kier alpha value is -2.41. The number of fused-ring (bicyclic) bond motifs is 1. The van der Waals surface area contributed by atoms with E-state index in [2.05, 4.69) is 24.1 Å². The smallest absolute Gasteiger partial charge is 0.255 e. The molecular weight excluding hydrogens is 358 g/mol. The van der Waals surface area contributed by atoms with Gasteiger partial charge in [0.15, 0.2) is 0 Å². The minimum absolute atomic E-state index is 0.151. The summed E-state index contributed by atoms with van der Waals surface area (Å²) < 4.78 is 6.22. The summed E-state index contributed by atoms with van der Waals surface area (Å²) in [4.78, 5) is 40.3. The highest BCUT2D eigenvalue weighted by atomic mass is 16.5. The monoisotopic (exact) mass is 385 g/mol. The summed E-state index contributed by atoms with van der Waals surface area (Å²) in [5.41, 5.74) is 1.49. The van der Waals surface area contributed by atoms with E-state index in [1.807, 2.05) is 12.1 Å². The highest BCUT2D eigenvalue weighted by Crippen LogP contribution is 2.31. The molecule has 4 rings (SSSR count). The van der Waals surface area contributed by atoms with Crippen molar-refractivity contribution in [3.63, 3.8) is 0 Å². The average Bonchev–Trinajstić information content (AvgIpc) is 2.98. The van der Waals surface area contributed by atoms with Gasteiger partial charge in [0.1, 0.15) is 17.9 Å². The highest BCUT2D eigenvalue weighted by Gasteiger charge is 2.39. The lowest BCUT2D eigenvalue weighted by molar-refractivity contribution is -0.136. The number of nitrogens with zero attached hydrogens (tertiary/aromatic N) is 2. The van der Waals surface area contributed by atoms with Gasteiger partial charge < -0.3 is 9.64 Å². The topological polar surface area (TPSA) is 79.0 Å². The van der Waals surface area contributed by atoms with Crippen molar-refractivity contribution < 1.29 is 19.1 Å². The van der Waals surface area contributed by atoms with Crippen LogP contribution in [0.4, 0.5) is 0 Å². The quantitative estimate of drug-likeness (QED) is 0.798. The fraction of sp³-hybridized carbons (Fsp3) is 0.571. The van der Waals surface area contributed by atoms with Crippen LogP contribution in [0.25, 0.3) is 0 Å². The number of piperidine rings is 2. The molecule has 0 bridgehead atoms. The van der Waals surface area contributed by atoms with Crippen molar-refractivity contribution in [1.29, 1.82) is 0 Å². The maximum absolute atomic E-state index is 12.8. The molecule has 3 heterocycles. The molecule has 2 fully saturated rings. The van der Waals surface area contributed by atoms with Gasteiger partial charge in [-0.1, -0.05) is 0 Å². The fourth-order valence-corrected chi connectivity index (χ4v) is 4.35. The minimum Gasteiger partial charge on any atom is -0.489 e. The van der Waals surface area contributed by atoms with Crippen molar-refractivity contribution in [2.24, 2.45) is 0 Å². The van der Waals surface area contributed by atoms with E-state index in [1.54, 1.807) is 11.0 Å². The van der Waals surface area contributed by atoms with Gasteiger partial charge in [-0.25, -0.2) is 0 Å². The van der Waals surface area contributed by atoms with E-state index in [1.165, 1.54) is 0 Å². The molecule has 1 N–H and O–H groups in total. The first kappa shape index (κ1) is 18.9. The molecule has 28 heavy (non-hydrogen) atoms. The number of hydrogen-bond acceptors (Lipinski definition) is 5. The lowest BCUT2D eigenvalue weighted by Crippen LogP contribution is -2.52. The van der Waals surface area contributed by atoms with Crippen molar-refractivity contribution in [1.82, 2.24) is 15.1 Å². The molecule has 0 spiro atoms. The lowest BCUT2D eigenvalue weighted by Gasteiger charge is -2.35. The standard InChI is InChI=1S/C21H27N3O4/c1-13(2)23-9-3-4-16(12-23)28-15-5-6-17-14(10-15)11-24(21(17)27)18-7-8-19(25)22-20(18)26/h5-6,10,13,16,18H,3-4,7-9,11-12H2,1-2H3,(H,22,25,26)/t16-,18?/m1/s1. The molecule has 3 aliphatic heterocycles. The maximum atomic E-state index is 12.8. The second-order valence-corrected chi connectivity index (χ2v) is 8.19. The molecule has 0 saturated carbocycles. The molecule has 7 nitrogen and oxygen atoms in total. The van der Waals surface area contributed by atoms with E-state index < -0.39 is 6.04 Å². The van der Waals surface area contributed by atoms with E-state index in [0.717, 1.165) is 37.2 Å². The Morgan fingerprint density at radius 3 is 2.75 bits per heavy atom. The van der Waals surface area contributed by atoms with Gasteiger partial charge in [0.2, 0.25) is 11.8 Å². The predicted octanol–water partition coefficient (Wildman–Crippen LogP) is 1.70. The summed E-state index contributed by atoms with van der Waals surface area (Å²) >= 11 is 0. The zero-order valence-electron chi connectivity index (χ0n) is 16.4. The third-order valence-electron chi connectivity index (χ3n) is 5.94. The fourth-order valence-electron chi connectivity index (χ4n) is 4.35. The van der Waals surface area contributed by atoms with Crippen molar-refractivity contribution in [3.05, 3.63) is 29.3 Å². The molecule has 3 amide bonds. The summed E-state index contributed by atoms with van der Waals surface area (Å²) in [5.74, 6) is -0.0409. The van der Waals surface area contributed by atoms with Gasteiger partial charge >= 0.3 is 0 Å². The largest absolute Gasteiger partial charge is 0.489 e. The summed E-state index contributed by atoms with van der Waals surface area (Å²) in [6.07, 6.45) is 2.94. The average molecular weight is 385 g/mol. The number of carbonyl (C=O) groups is 3. The van der Waals surface area contributed by atoms with Gasteiger partial charge in [-0.15, -0.1) is 0 Å². The zero-order chi connectivity index (χ0) is 19.8. The number of ether oxygens (including phenoxy) is 1. The molecule has 0 aliphatic carbocycles. The number of carbonyl (C=O) groups excluding carboxylic acids is 3. The first-order chi connectivity index (χ1) is 13.4. The zero-order valence-corrected chi connectivity index (χ0v) is 16.4. The van der Waals surface area contributed by atoms with Crippen molar-refractivity contribution in [3.8, 4) is 5.75 Å². The van der Waals surface area contributed by atoms with Crippen LogP contribution >= 0.6 is 0 Å². The van der Waals surface area contributed by atoms with Crippen LogP contribution < -0.4 is 10.1 Å². The predicted molar refractivity (Wildman–Crippen MR) is 103 cm³/mol. The van der Waals surface area contributed by atoms with Crippen molar-refractivity contribution in [2.45, 2.75) is 64.3 Å². The van der Waals surface area contributed by atoms with E-state index in [9.17, 15) is 14.4 Å². The molecular formula is C21H27N3O4. The Balaban J connectivity index is 1.45. The Morgan fingerprint density at radius 2 is 2.00 bits per heavy atom. The summed E-state index contributed by atoms with van der Waals surface area (Å²) in [6, 6.07) is 5.49. The SMILES string of the molecule is CC(C)N1CCC[C@@H](Oc2ccc3c(c2)CN(C2CCC(=O)NC2=O)C3=O)C1. The third kappa shape index (κ3) is 3.63. The number of nitrogens with one attached hydrogen (secondary N) is 1. The minimum atomic E-state index is -0.583. The van der Waals surface area contributed by atoms with Crippen molar-refractivity contribution >= 4 is 17.7 Å². The van der Waals surface area contributed by atoms with Crippen LogP contribution in [0.2, 0.25) is 0 Å². The van der Waals surface area contributed by atoms with Crippen LogP contribution in [-0.2, 0) is 16.1 Å². The number of likely N-dealkylation sites (tertiary alicyclic amines) is 1. The summed E-state index contributed by atoms with van der Waals surface area (Å²) in [5, 5.41) is 2.33. The van der Waals surface area contributed by atoms with Crippen LogP contribution in [0, 0.1) is 0 Å². The summed E-state index contributed by atoms with van der Waals surface area (Å²) in [7, 11) is 0. The van der Waals surface area contributed by atoms with E-state index in [4.69, 9.17) is 4.74 Å². The lowest BCUT2D eigenvalue weighted by atomic mass is 10.0. The first-order valence-electron chi connectivity index (χ1n) is 10.1. The molecule has 150 valence electrons. The first-order valence-corrected chi connectivity index (χ1v) is 10.1. The van der Waals surface area contributed by atoms with Gasteiger partial charge in [-0.05, 0) is 63.4 Å². The molecule has 0 radical (unpaired) electrons. The van der Waals surface area contributed by atoms with Crippen LogP contribution in [-0.4, -0.2) is 58.8 Å². The second kappa shape index (κ2) is 7.54. The van der Waals surface area contributed by atoms with Gasteiger partial charge in [0, 0.05) is 31.1 Å². The van der Waals surface area contributed by atoms with Gasteiger partial charge in [-0.3, -0.25) is 24.6 Å². The third-order valence-corrected chi connectivity index (χ3v) is 5.94. The molecule has 2 atom stereocenters. The normalized spacial score (nSPS) is 25.8. The van der Waals surface area contributed by atoms with E-state index >= 15 is 0 Å². The summed E-state index contributed by atoms with van der Waals surface area (Å²) in [6.45, 7) is 6.80. The second-order valence-electron chi connectivity index (χ2n) is 8.19. The molecule has 1 aromatic carbocycles. The molecule has 7 heteroatoms. The molecule has 1 aromatic rings. The van der Waals surface area contributed by atoms with E-state index in [-0.39, 0.29) is 30.2 Å². The Bertz CT molecular complexity index is 807. The number of benzene rings is 1. The maximum Gasteiger partial charge on any atom is 0.255 e. The van der Waals surface area contributed by atoms with Crippen LogP contribution in [0.1, 0.15) is 55.5 Å². The van der Waals surface area contributed by atoms with E-state index in [0.29, 0.717) is 24.6 Å². The molecule has 1 unspecified atom stereocenters. The number of amides is 3. The highest BCUT2D eigenvalue weighted by molar-refractivity contribution is 6.05.